The quantitative estimate of drug-likeness (QED) is 0.743. The van der Waals surface area contributed by atoms with Gasteiger partial charge in [0.15, 0.2) is 0 Å². The van der Waals surface area contributed by atoms with Crippen LogP contribution in [-0.2, 0) is 0 Å². The van der Waals surface area contributed by atoms with Crippen LogP contribution in [0.5, 0.6) is 0 Å². The minimum atomic E-state index is -4.00. The summed E-state index contributed by atoms with van der Waals surface area (Å²) in [5, 5.41) is 3.38. The molecular formula is C13H24F3N. The maximum Gasteiger partial charge on any atom is 0.389 e. The molecule has 0 amide bonds. The van der Waals surface area contributed by atoms with Crippen LogP contribution in [0, 0.1) is 5.41 Å². The van der Waals surface area contributed by atoms with Gasteiger partial charge in [-0.05, 0) is 38.0 Å². The topological polar surface area (TPSA) is 12.0 Å². The molecule has 1 rings (SSSR count). The van der Waals surface area contributed by atoms with Crippen molar-refractivity contribution in [2.75, 3.05) is 6.54 Å². The third-order valence-electron chi connectivity index (χ3n) is 3.79. The lowest BCUT2D eigenvalue weighted by Gasteiger charge is -2.26. The van der Waals surface area contributed by atoms with Crippen LogP contribution >= 0.6 is 0 Å². The van der Waals surface area contributed by atoms with Gasteiger partial charge in [0.2, 0.25) is 0 Å². The zero-order valence-corrected chi connectivity index (χ0v) is 10.9. The van der Waals surface area contributed by atoms with Gasteiger partial charge in [-0.3, -0.25) is 0 Å². The van der Waals surface area contributed by atoms with Crippen LogP contribution in [0.15, 0.2) is 0 Å². The molecule has 1 fully saturated rings. The number of halogens is 3. The molecule has 0 radical (unpaired) electrons. The summed E-state index contributed by atoms with van der Waals surface area (Å²) in [6.45, 7) is 5.20. The highest BCUT2D eigenvalue weighted by Crippen LogP contribution is 2.36. The molecule has 0 saturated heterocycles. The molecule has 1 atom stereocenters. The van der Waals surface area contributed by atoms with Crippen molar-refractivity contribution < 1.29 is 13.2 Å². The largest absolute Gasteiger partial charge is 0.389 e. The van der Waals surface area contributed by atoms with Gasteiger partial charge in [-0.1, -0.05) is 19.8 Å². The molecule has 102 valence electrons. The van der Waals surface area contributed by atoms with E-state index >= 15 is 0 Å². The molecule has 1 aliphatic rings. The van der Waals surface area contributed by atoms with Crippen LogP contribution in [0.3, 0.4) is 0 Å². The Labute approximate surface area is 102 Å². The fourth-order valence-electron chi connectivity index (χ4n) is 2.54. The Morgan fingerprint density at radius 3 is 2.35 bits per heavy atom. The highest BCUT2D eigenvalue weighted by molar-refractivity contribution is 4.83. The normalized spacial score (nSPS) is 21.7. The lowest BCUT2D eigenvalue weighted by atomic mass is 9.88. The first-order chi connectivity index (χ1) is 7.81. The van der Waals surface area contributed by atoms with Crippen molar-refractivity contribution >= 4 is 0 Å². The first kappa shape index (κ1) is 14.8. The number of nitrogens with one attached hydrogen (secondary N) is 1. The second-order valence-corrected chi connectivity index (χ2v) is 5.81. The van der Waals surface area contributed by atoms with E-state index in [1.54, 1.807) is 0 Å². The van der Waals surface area contributed by atoms with E-state index in [1.807, 2.05) is 6.92 Å². The van der Waals surface area contributed by atoms with Crippen LogP contribution in [-0.4, -0.2) is 18.8 Å². The van der Waals surface area contributed by atoms with Gasteiger partial charge >= 0.3 is 6.18 Å². The molecule has 0 heterocycles. The van der Waals surface area contributed by atoms with E-state index in [1.165, 1.54) is 25.7 Å². The Morgan fingerprint density at radius 1 is 1.24 bits per heavy atom. The maximum absolute atomic E-state index is 12.0. The van der Waals surface area contributed by atoms with Gasteiger partial charge < -0.3 is 5.32 Å². The second kappa shape index (κ2) is 6.07. The minimum absolute atomic E-state index is 0.190. The molecule has 0 bridgehead atoms. The molecule has 0 aliphatic heterocycles. The van der Waals surface area contributed by atoms with Crippen molar-refractivity contribution in [1.82, 2.24) is 5.32 Å². The Balaban J connectivity index is 2.10. The Hall–Kier alpha value is -0.250. The molecular weight excluding hydrogens is 227 g/mol. The van der Waals surface area contributed by atoms with Gasteiger partial charge in [0.25, 0.3) is 0 Å². The van der Waals surface area contributed by atoms with Crippen LogP contribution in [0.2, 0.25) is 0 Å². The molecule has 0 spiro atoms. The van der Waals surface area contributed by atoms with E-state index in [0.29, 0.717) is 11.8 Å². The molecule has 17 heavy (non-hydrogen) atoms. The summed E-state index contributed by atoms with van der Waals surface area (Å²) < 4.78 is 35.9. The summed E-state index contributed by atoms with van der Waals surface area (Å²) in [6, 6.07) is 0.190. The zero-order chi connectivity index (χ0) is 12.9. The van der Waals surface area contributed by atoms with Crippen molar-refractivity contribution in [2.45, 2.75) is 71.0 Å². The fraction of sp³-hybridized carbons (Fsp3) is 1.00. The number of alkyl halides is 3. The smallest absolute Gasteiger partial charge is 0.314 e. The number of hydrogen-bond donors (Lipinski definition) is 1. The van der Waals surface area contributed by atoms with Crippen molar-refractivity contribution in [3.8, 4) is 0 Å². The van der Waals surface area contributed by atoms with Crippen molar-refractivity contribution in [2.24, 2.45) is 5.41 Å². The van der Waals surface area contributed by atoms with Gasteiger partial charge in [-0.25, -0.2) is 0 Å². The summed E-state index contributed by atoms with van der Waals surface area (Å²) in [6.07, 6.45) is 1.25. The predicted molar refractivity (Wildman–Crippen MR) is 63.9 cm³/mol. The molecule has 1 nitrogen and oxygen atoms in total. The molecule has 0 aromatic carbocycles. The van der Waals surface area contributed by atoms with E-state index in [0.717, 1.165) is 6.54 Å². The molecule has 1 saturated carbocycles. The van der Waals surface area contributed by atoms with Gasteiger partial charge in [0, 0.05) is 19.0 Å². The van der Waals surface area contributed by atoms with Gasteiger partial charge in [-0.15, -0.1) is 0 Å². The van der Waals surface area contributed by atoms with Gasteiger partial charge in [0.05, 0.1) is 0 Å². The Kier molecular flexibility index (Phi) is 5.29. The highest BCUT2D eigenvalue weighted by Gasteiger charge is 2.29. The van der Waals surface area contributed by atoms with Gasteiger partial charge in [-0.2, -0.15) is 13.2 Å². The molecule has 4 heteroatoms. The second-order valence-electron chi connectivity index (χ2n) is 5.81. The first-order valence-corrected chi connectivity index (χ1v) is 6.61. The van der Waals surface area contributed by atoms with Crippen LogP contribution in [0.25, 0.3) is 0 Å². The monoisotopic (exact) mass is 251 g/mol. The average Bonchev–Trinajstić information content (AvgIpc) is 2.61. The summed E-state index contributed by atoms with van der Waals surface area (Å²) in [5.74, 6) is 0. The maximum atomic E-state index is 12.0. The minimum Gasteiger partial charge on any atom is -0.314 e. The number of hydrogen-bond acceptors (Lipinski definition) is 1. The lowest BCUT2D eigenvalue weighted by Crippen LogP contribution is -2.35. The molecule has 0 aromatic rings. The van der Waals surface area contributed by atoms with E-state index in [2.05, 4.69) is 12.2 Å². The molecule has 1 unspecified atom stereocenters. The van der Waals surface area contributed by atoms with Crippen molar-refractivity contribution in [3.63, 3.8) is 0 Å². The average molecular weight is 251 g/mol. The lowest BCUT2D eigenvalue weighted by molar-refractivity contribution is -0.135. The van der Waals surface area contributed by atoms with Crippen molar-refractivity contribution in [1.29, 1.82) is 0 Å². The SMILES string of the molecule is CC(CCCC(F)(F)F)NCC1(C)CCCC1. The fourth-order valence-corrected chi connectivity index (χ4v) is 2.54. The zero-order valence-electron chi connectivity index (χ0n) is 10.9. The third-order valence-corrected chi connectivity index (χ3v) is 3.79. The Bertz CT molecular complexity index is 219. The summed E-state index contributed by atoms with van der Waals surface area (Å²) in [7, 11) is 0. The standard InChI is InChI=1S/C13H24F3N/c1-11(6-5-9-13(14,15)16)17-10-12(2)7-3-4-8-12/h11,17H,3-10H2,1-2H3. The van der Waals surface area contributed by atoms with Crippen molar-refractivity contribution in [3.05, 3.63) is 0 Å². The number of rotatable bonds is 6. The summed E-state index contributed by atoms with van der Waals surface area (Å²) >= 11 is 0. The van der Waals surface area contributed by atoms with Crippen LogP contribution in [0.1, 0.15) is 58.8 Å². The Morgan fingerprint density at radius 2 is 1.82 bits per heavy atom. The van der Waals surface area contributed by atoms with Crippen LogP contribution < -0.4 is 5.32 Å². The van der Waals surface area contributed by atoms with Crippen LogP contribution in [0.4, 0.5) is 13.2 Å². The van der Waals surface area contributed by atoms with E-state index < -0.39 is 12.6 Å². The highest BCUT2D eigenvalue weighted by atomic mass is 19.4. The van der Waals surface area contributed by atoms with E-state index in [4.69, 9.17) is 0 Å². The first-order valence-electron chi connectivity index (χ1n) is 6.61. The molecule has 0 aromatic heterocycles. The molecule has 1 N–H and O–H groups in total. The van der Waals surface area contributed by atoms with E-state index in [9.17, 15) is 13.2 Å². The van der Waals surface area contributed by atoms with Gasteiger partial charge in [0.1, 0.15) is 0 Å². The summed E-state index contributed by atoms with van der Waals surface area (Å²) in [4.78, 5) is 0. The third kappa shape index (κ3) is 6.29. The van der Waals surface area contributed by atoms with E-state index in [-0.39, 0.29) is 12.5 Å². The summed E-state index contributed by atoms with van der Waals surface area (Å²) in [5.41, 5.74) is 0.373. The predicted octanol–water partition coefficient (Wildman–Crippen LogP) is 4.28. The molecule has 1 aliphatic carbocycles.